The summed E-state index contributed by atoms with van der Waals surface area (Å²) < 4.78 is 25.1. The molecule has 0 saturated carbocycles. The number of anilines is 1. The molecule has 2 heterocycles. The van der Waals surface area contributed by atoms with Gasteiger partial charge in [-0.1, -0.05) is 35.5 Å². The number of aromatic nitrogens is 2. The largest absolute Gasteiger partial charge is 0.442 e. The highest BCUT2D eigenvalue weighted by atomic mass is 19.1. The molecule has 1 fully saturated rings. The molecular formula is C20H17FN4O4. The molecule has 9 heteroatoms. The lowest BCUT2D eigenvalue weighted by atomic mass is 10.1. The maximum absolute atomic E-state index is 14.7. The first-order valence-corrected chi connectivity index (χ1v) is 8.93. The predicted octanol–water partition coefficient (Wildman–Crippen LogP) is 3.00. The van der Waals surface area contributed by atoms with Gasteiger partial charge in [0.2, 0.25) is 11.7 Å². The van der Waals surface area contributed by atoms with Gasteiger partial charge in [-0.3, -0.25) is 9.69 Å². The van der Waals surface area contributed by atoms with Gasteiger partial charge in [0, 0.05) is 12.5 Å². The first-order valence-electron chi connectivity index (χ1n) is 8.93. The van der Waals surface area contributed by atoms with Crippen molar-refractivity contribution in [2.24, 2.45) is 0 Å². The lowest BCUT2D eigenvalue weighted by Crippen LogP contribution is -2.33. The van der Waals surface area contributed by atoms with E-state index < -0.39 is 18.0 Å². The van der Waals surface area contributed by atoms with Gasteiger partial charge in [0.05, 0.1) is 24.3 Å². The SMILES string of the molecule is CC(=O)NCC1CN(c2ccc(-c3nc(-c4ccccc4)no3)c(F)c2)C(=O)O1. The Bertz CT molecular complexity index is 1050. The standard InChI is InChI=1S/C20H17FN4O4/c1-12(26)22-10-15-11-25(20(27)28-15)14-7-8-16(17(21)9-14)19-23-18(24-29-19)13-5-3-2-4-6-13/h2-9,15H,10-11H2,1H3,(H,22,26). The molecule has 1 N–H and O–H groups in total. The molecule has 1 unspecified atom stereocenters. The Morgan fingerprint density at radius 1 is 1.28 bits per heavy atom. The van der Waals surface area contributed by atoms with E-state index >= 15 is 0 Å². The minimum absolute atomic E-state index is 0.0421. The van der Waals surface area contributed by atoms with Gasteiger partial charge in [-0.2, -0.15) is 4.98 Å². The molecule has 1 aliphatic rings. The highest BCUT2D eigenvalue weighted by Gasteiger charge is 2.33. The number of carbonyl (C=O) groups is 2. The Labute approximate surface area is 165 Å². The summed E-state index contributed by atoms with van der Waals surface area (Å²) in [5.74, 6) is -0.429. The fraction of sp³-hybridized carbons (Fsp3) is 0.200. The van der Waals surface area contributed by atoms with Gasteiger partial charge >= 0.3 is 6.09 Å². The number of benzene rings is 2. The van der Waals surface area contributed by atoms with Crippen LogP contribution in [-0.2, 0) is 9.53 Å². The predicted molar refractivity (Wildman–Crippen MR) is 101 cm³/mol. The Kier molecular flexibility index (Phi) is 4.94. The second-order valence-electron chi connectivity index (χ2n) is 6.51. The molecule has 1 atom stereocenters. The molecule has 3 aromatic rings. The van der Waals surface area contributed by atoms with Crippen LogP contribution in [-0.4, -0.2) is 41.3 Å². The summed E-state index contributed by atoms with van der Waals surface area (Å²) in [6, 6.07) is 13.5. The van der Waals surface area contributed by atoms with Crippen molar-refractivity contribution < 1.29 is 23.2 Å². The van der Waals surface area contributed by atoms with Crippen LogP contribution in [0.15, 0.2) is 53.1 Å². The van der Waals surface area contributed by atoms with E-state index in [1.165, 1.54) is 24.0 Å². The smallest absolute Gasteiger partial charge is 0.414 e. The third-order valence-corrected chi connectivity index (χ3v) is 4.41. The van der Waals surface area contributed by atoms with E-state index in [-0.39, 0.29) is 30.5 Å². The number of amides is 2. The van der Waals surface area contributed by atoms with Crippen LogP contribution in [0.3, 0.4) is 0 Å². The summed E-state index contributed by atoms with van der Waals surface area (Å²) in [7, 11) is 0. The zero-order valence-electron chi connectivity index (χ0n) is 15.5. The average Bonchev–Trinajstić information content (AvgIpc) is 3.34. The molecule has 2 amide bonds. The minimum Gasteiger partial charge on any atom is -0.442 e. The van der Waals surface area contributed by atoms with Crippen LogP contribution in [0.4, 0.5) is 14.9 Å². The second kappa shape index (κ2) is 7.70. The second-order valence-corrected chi connectivity index (χ2v) is 6.51. The Morgan fingerprint density at radius 3 is 2.79 bits per heavy atom. The summed E-state index contributed by atoms with van der Waals surface area (Å²) in [4.78, 5) is 28.6. The first-order chi connectivity index (χ1) is 14.0. The summed E-state index contributed by atoms with van der Waals surface area (Å²) >= 11 is 0. The zero-order valence-corrected chi connectivity index (χ0v) is 15.5. The average molecular weight is 396 g/mol. The molecule has 4 rings (SSSR count). The Balaban J connectivity index is 1.52. The number of halogens is 1. The highest BCUT2D eigenvalue weighted by Crippen LogP contribution is 2.29. The summed E-state index contributed by atoms with van der Waals surface area (Å²) in [6.45, 7) is 1.78. The molecule has 0 radical (unpaired) electrons. The quantitative estimate of drug-likeness (QED) is 0.712. The monoisotopic (exact) mass is 396 g/mol. The Morgan fingerprint density at radius 2 is 2.07 bits per heavy atom. The van der Waals surface area contributed by atoms with Crippen molar-refractivity contribution in [3.8, 4) is 22.8 Å². The van der Waals surface area contributed by atoms with Crippen LogP contribution in [0, 0.1) is 5.82 Å². The number of nitrogens with one attached hydrogen (secondary N) is 1. The maximum atomic E-state index is 14.7. The normalized spacial score (nSPS) is 16.0. The van der Waals surface area contributed by atoms with Crippen molar-refractivity contribution in [1.82, 2.24) is 15.5 Å². The molecule has 1 aliphatic heterocycles. The number of carbonyl (C=O) groups excluding carboxylic acids is 2. The van der Waals surface area contributed by atoms with Gasteiger partial charge in [-0.05, 0) is 18.2 Å². The summed E-state index contributed by atoms with van der Waals surface area (Å²) in [5, 5.41) is 6.48. The van der Waals surface area contributed by atoms with E-state index in [1.54, 1.807) is 6.07 Å². The maximum Gasteiger partial charge on any atom is 0.414 e. The van der Waals surface area contributed by atoms with Gasteiger partial charge in [0.1, 0.15) is 11.9 Å². The van der Waals surface area contributed by atoms with Crippen molar-refractivity contribution in [2.45, 2.75) is 13.0 Å². The van der Waals surface area contributed by atoms with E-state index in [0.29, 0.717) is 11.5 Å². The Hall–Kier alpha value is -3.75. The lowest BCUT2D eigenvalue weighted by molar-refractivity contribution is -0.119. The number of ether oxygens (including phenoxy) is 1. The topological polar surface area (TPSA) is 97.6 Å². The van der Waals surface area contributed by atoms with Crippen LogP contribution in [0.2, 0.25) is 0 Å². The molecule has 8 nitrogen and oxygen atoms in total. The minimum atomic E-state index is -0.608. The molecular weight excluding hydrogens is 379 g/mol. The molecule has 0 bridgehead atoms. The highest BCUT2D eigenvalue weighted by molar-refractivity contribution is 5.90. The first kappa shape index (κ1) is 18.6. The van der Waals surface area contributed by atoms with E-state index in [4.69, 9.17) is 9.26 Å². The molecule has 29 heavy (non-hydrogen) atoms. The molecule has 0 spiro atoms. The van der Waals surface area contributed by atoms with E-state index in [0.717, 1.165) is 5.56 Å². The van der Waals surface area contributed by atoms with Crippen LogP contribution in [0.5, 0.6) is 0 Å². The molecule has 148 valence electrons. The van der Waals surface area contributed by atoms with Gasteiger partial charge in [0.15, 0.2) is 0 Å². The third-order valence-electron chi connectivity index (χ3n) is 4.41. The lowest BCUT2D eigenvalue weighted by Gasteiger charge is -2.13. The van der Waals surface area contributed by atoms with Gasteiger partial charge in [-0.25, -0.2) is 9.18 Å². The van der Waals surface area contributed by atoms with Crippen molar-refractivity contribution in [3.63, 3.8) is 0 Å². The zero-order chi connectivity index (χ0) is 20.4. The van der Waals surface area contributed by atoms with E-state index in [9.17, 15) is 14.0 Å². The van der Waals surface area contributed by atoms with Crippen molar-refractivity contribution in [1.29, 1.82) is 0 Å². The number of hydrogen-bond acceptors (Lipinski definition) is 6. The number of hydrogen-bond donors (Lipinski definition) is 1. The fourth-order valence-corrected chi connectivity index (χ4v) is 2.98. The van der Waals surface area contributed by atoms with E-state index in [2.05, 4.69) is 15.5 Å². The molecule has 1 saturated heterocycles. The molecule has 0 aliphatic carbocycles. The van der Waals surface area contributed by atoms with Crippen LogP contribution in [0.1, 0.15) is 6.92 Å². The third kappa shape index (κ3) is 3.93. The van der Waals surface area contributed by atoms with Crippen molar-refractivity contribution in [2.75, 3.05) is 18.0 Å². The fourth-order valence-electron chi connectivity index (χ4n) is 2.98. The van der Waals surface area contributed by atoms with Crippen molar-refractivity contribution in [3.05, 3.63) is 54.3 Å². The number of nitrogens with zero attached hydrogens (tertiary/aromatic N) is 3. The molecule has 2 aromatic carbocycles. The molecule has 1 aromatic heterocycles. The van der Waals surface area contributed by atoms with Gasteiger partial charge < -0.3 is 14.6 Å². The van der Waals surface area contributed by atoms with Gasteiger partial charge in [0.25, 0.3) is 5.89 Å². The van der Waals surface area contributed by atoms with Crippen molar-refractivity contribution >= 4 is 17.7 Å². The van der Waals surface area contributed by atoms with Crippen LogP contribution < -0.4 is 10.2 Å². The summed E-state index contributed by atoms with van der Waals surface area (Å²) in [6.07, 6.45) is -1.10. The van der Waals surface area contributed by atoms with Crippen LogP contribution >= 0.6 is 0 Å². The van der Waals surface area contributed by atoms with Crippen LogP contribution in [0.25, 0.3) is 22.8 Å². The summed E-state index contributed by atoms with van der Waals surface area (Å²) in [5.41, 5.74) is 1.22. The number of rotatable bonds is 5. The number of cyclic esters (lactones) is 1. The van der Waals surface area contributed by atoms with Gasteiger partial charge in [-0.15, -0.1) is 0 Å². The van der Waals surface area contributed by atoms with E-state index in [1.807, 2.05) is 30.3 Å².